The van der Waals surface area contributed by atoms with Gasteiger partial charge in [-0.15, -0.1) is 0 Å². The van der Waals surface area contributed by atoms with E-state index in [1.54, 1.807) is 0 Å². The summed E-state index contributed by atoms with van der Waals surface area (Å²) in [6.45, 7) is 2.43. The van der Waals surface area contributed by atoms with Crippen LogP contribution in [0.4, 0.5) is 0 Å². The molecule has 1 atom stereocenters. The second kappa shape index (κ2) is 5.85. The van der Waals surface area contributed by atoms with Crippen LogP contribution in [0.1, 0.15) is 18.5 Å². The van der Waals surface area contributed by atoms with Crippen LogP contribution in [0, 0.1) is 0 Å². The van der Waals surface area contributed by atoms with Crippen molar-refractivity contribution < 1.29 is 9.84 Å². The maximum atomic E-state index is 8.95. The molecule has 0 fully saturated rings. The Labute approximate surface area is 107 Å². The lowest BCUT2D eigenvalue weighted by atomic mass is 10.0. The number of fused-ring (bicyclic) bond motifs is 1. The second-order valence-corrected chi connectivity index (χ2v) is 4.29. The van der Waals surface area contributed by atoms with Crippen LogP contribution < -0.4 is 10.1 Å². The van der Waals surface area contributed by atoms with Gasteiger partial charge in [-0.1, -0.05) is 36.4 Å². The van der Waals surface area contributed by atoms with Crippen molar-refractivity contribution in [1.82, 2.24) is 5.32 Å². The summed E-state index contributed by atoms with van der Waals surface area (Å²) >= 11 is 0. The number of benzene rings is 2. The quantitative estimate of drug-likeness (QED) is 0.850. The molecule has 2 rings (SSSR count). The van der Waals surface area contributed by atoms with Crippen molar-refractivity contribution in [1.29, 1.82) is 0 Å². The first kappa shape index (κ1) is 12.9. The van der Waals surface area contributed by atoms with E-state index in [4.69, 9.17) is 9.84 Å². The Hall–Kier alpha value is -1.58. The SMILES string of the molecule is CNC(C)c1ccc2ccccc2c1OCCO. The van der Waals surface area contributed by atoms with Crippen LogP contribution in [-0.2, 0) is 0 Å². The van der Waals surface area contributed by atoms with Crippen molar-refractivity contribution in [3.63, 3.8) is 0 Å². The van der Waals surface area contributed by atoms with Crippen LogP contribution in [0.15, 0.2) is 36.4 Å². The summed E-state index contributed by atoms with van der Waals surface area (Å²) in [5, 5.41) is 14.4. The molecule has 0 bridgehead atoms. The van der Waals surface area contributed by atoms with Crippen LogP contribution in [-0.4, -0.2) is 25.4 Å². The van der Waals surface area contributed by atoms with Crippen LogP contribution in [0.25, 0.3) is 10.8 Å². The summed E-state index contributed by atoms with van der Waals surface area (Å²) in [5.41, 5.74) is 1.12. The molecular formula is C15H19NO2. The molecule has 3 heteroatoms. The van der Waals surface area contributed by atoms with E-state index in [1.165, 1.54) is 0 Å². The Bertz CT molecular complexity index is 525. The lowest BCUT2D eigenvalue weighted by Crippen LogP contribution is -2.14. The van der Waals surface area contributed by atoms with Crippen molar-refractivity contribution in [3.05, 3.63) is 42.0 Å². The van der Waals surface area contributed by atoms with Gasteiger partial charge in [-0.25, -0.2) is 0 Å². The van der Waals surface area contributed by atoms with Gasteiger partial charge >= 0.3 is 0 Å². The van der Waals surface area contributed by atoms with Crippen LogP contribution in [0.3, 0.4) is 0 Å². The van der Waals surface area contributed by atoms with E-state index in [0.29, 0.717) is 6.61 Å². The Morgan fingerprint density at radius 1 is 1.22 bits per heavy atom. The van der Waals surface area contributed by atoms with Gasteiger partial charge in [0.2, 0.25) is 0 Å². The number of aliphatic hydroxyl groups excluding tert-OH is 1. The van der Waals surface area contributed by atoms with Crippen LogP contribution in [0.2, 0.25) is 0 Å². The van der Waals surface area contributed by atoms with Crippen molar-refractivity contribution in [2.75, 3.05) is 20.3 Å². The topological polar surface area (TPSA) is 41.5 Å². The maximum absolute atomic E-state index is 8.95. The highest BCUT2D eigenvalue weighted by atomic mass is 16.5. The molecule has 0 saturated carbocycles. The Balaban J connectivity index is 2.55. The first-order chi connectivity index (χ1) is 8.77. The normalized spacial score (nSPS) is 12.6. The minimum atomic E-state index is 0.0244. The van der Waals surface area contributed by atoms with Gasteiger partial charge in [0, 0.05) is 17.0 Å². The molecule has 2 aromatic rings. The number of ether oxygens (including phenoxy) is 1. The molecule has 2 aromatic carbocycles. The molecule has 0 spiro atoms. The highest BCUT2D eigenvalue weighted by molar-refractivity contribution is 5.89. The summed E-state index contributed by atoms with van der Waals surface area (Å²) in [7, 11) is 1.93. The molecule has 2 N–H and O–H groups in total. The molecule has 18 heavy (non-hydrogen) atoms. The lowest BCUT2D eigenvalue weighted by Gasteiger charge is -2.18. The number of rotatable bonds is 5. The van der Waals surface area contributed by atoms with Crippen molar-refractivity contribution in [2.24, 2.45) is 0 Å². The van der Waals surface area contributed by atoms with Crippen LogP contribution >= 0.6 is 0 Å². The largest absolute Gasteiger partial charge is 0.490 e. The fourth-order valence-corrected chi connectivity index (χ4v) is 2.07. The van der Waals surface area contributed by atoms with Gasteiger partial charge in [-0.3, -0.25) is 0 Å². The number of nitrogens with one attached hydrogen (secondary N) is 1. The summed E-state index contributed by atoms with van der Waals surface area (Å²) in [4.78, 5) is 0. The summed E-state index contributed by atoms with van der Waals surface area (Å²) in [6, 6.07) is 12.5. The van der Waals surface area contributed by atoms with E-state index in [-0.39, 0.29) is 12.6 Å². The predicted molar refractivity (Wildman–Crippen MR) is 74.0 cm³/mol. The van der Waals surface area contributed by atoms with Gasteiger partial charge < -0.3 is 15.2 Å². The highest BCUT2D eigenvalue weighted by Crippen LogP contribution is 2.33. The van der Waals surface area contributed by atoms with E-state index in [2.05, 4.69) is 30.4 Å². The number of aliphatic hydroxyl groups is 1. The fourth-order valence-electron chi connectivity index (χ4n) is 2.07. The molecule has 0 amide bonds. The van der Waals surface area contributed by atoms with Gasteiger partial charge in [-0.05, 0) is 19.4 Å². The summed E-state index contributed by atoms with van der Waals surface area (Å²) in [5.74, 6) is 0.865. The van der Waals surface area contributed by atoms with Gasteiger partial charge in [0.1, 0.15) is 12.4 Å². The minimum Gasteiger partial charge on any atom is -0.490 e. The average molecular weight is 245 g/mol. The standard InChI is InChI=1S/C15H19NO2/c1-11(16-2)13-8-7-12-5-3-4-6-14(12)15(13)18-10-9-17/h3-8,11,16-17H,9-10H2,1-2H3. The molecule has 0 aliphatic heterocycles. The fraction of sp³-hybridized carbons (Fsp3) is 0.333. The number of hydrogen-bond acceptors (Lipinski definition) is 3. The third kappa shape index (κ3) is 2.47. The monoisotopic (exact) mass is 245 g/mol. The third-order valence-corrected chi connectivity index (χ3v) is 3.15. The number of hydrogen-bond donors (Lipinski definition) is 2. The average Bonchev–Trinajstić information content (AvgIpc) is 2.43. The molecule has 96 valence electrons. The molecule has 1 unspecified atom stereocenters. The molecule has 0 radical (unpaired) electrons. The van der Waals surface area contributed by atoms with E-state index >= 15 is 0 Å². The van der Waals surface area contributed by atoms with E-state index in [0.717, 1.165) is 22.1 Å². The molecule has 0 aliphatic carbocycles. The predicted octanol–water partition coefficient (Wildman–Crippen LogP) is 2.49. The first-order valence-corrected chi connectivity index (χ1v) is 6.20. The zero-order valence-electron chi connectivity index (χ0n) is 10.8. The van der Waals surface area contributed by atoms with Gasteiger partial charge in [-0.2, -0.15) is 0 Å². The van der Waals surface area contributed by atoms with Crippen molar-refractivity contribution >= 4 is 10.8 Å². The molecule has 0 aliphatic rings. The molecule has 0 aromatic heterocycles. The van der Waals surface area contributed by atoms with E-state index in [1.807, 2.05) is 25.2 Å². The van der Waals surface area contributed by atoms with E-state index < -0.39 is 0 Å². The molecule has 0 heterocycles. The third-order valence-electron chi connectivity index (χ3n) is 3.15. The van der Waals surface area contributed by atoms with Crippen molar-refractivity contribution in [3.8, 4) is 5.75 Å². The van der Waals surface area contributed by atoms with Crippen LogP contribution in [0.5, 0.6) is 5.75 Å². The maximum Gasteiger partial charge on any atom is 0.132 e. The molecular weight excluding hydrogens is 226 g/mol. The molecule has 3 nitrogen and oxygen atoms in total. The summed E-state index contributed by atoms with van der Waals surface area (Å²) in [6.07, 6.45) is 0. The van der Waals surface area contributed by atoms with Crippen molar-refractivity contribution in [2.45, 2.75) is 13.0 Å². The van der Waals surface area contributed by atoms with Gasteiger partial charge in [0.25, 0.3) is 0 Å². The van der Waals surface area contributed by atoms with Gasteiger partial charge in [0.05, 0.1) is 6.61 Å². The summed E-state index contributed by atoms with van der Waals surface area (Å²) < 4.78 is 5.73. The first-order valence-electron chi connectivity index (χ1n) is 6.20. The minimum absolute atomic E-state index is 0.0244. The second-order valence-electron chi connectivity index (χ2n) is 4.29. The zero-order valence-corrected chi connectivity index (χ0v) is 10.8. The Morgan fingerprint density at radius 3 is 2.72 bits per heavy atom. The van der Waals surface area contributed by atoms with E-state index in [9.17, 15) is 0 Å². The van der Waals surface area contributed by atoms with Gasteiger partial charge in [0.15, 0.2) is 0 Å². The lowest BCUT2D eigenvalue weighted by molar-refractivity contribution is 0.201. The Morgan fingerprint density at radius 2 is 2.00 bits per heavy atom. The zero-order chi connectivity index (χ0) is 13.0. The Kier molecular flexibility index (Phi) is 4.18. The molecule has 0 saturated heterocycles. The highest BCUT2D eigenvalue weighted by Gasteiger charge is 2.13. The smallest absolute Gasteiger partial charge is 0.132 e.